The molecule has 0 unspecified atom stereocenters. The van der Waals surface area contributed by atoms with Gasteiger partial charge in [0.1, 0.15) is 11.2 Å². The number of rotatable bonds is 6. The molecule has 0 bridgehead atoms. The molecule has 0 atom stereocenters. The number of anilines is 3. The third kappa shape index (κ3) is 5.21. The number of furan rings is 1. The molecule has 1 aromatic heterocycles. The van der Waals surface area contributed by atoms with Crippen LogP contribution in [0.4, 0.5) is 17.1 Å². The Morgan fingerprint density at radius 2 is 0.923 bits per heavy atom. The van der Waals surface area contributed by atoms with E-state index in [1.165, 1.54) is 38.2 Å². The Morgan fingerprint density at radius 1 is 0.327 bits per heavy atom. The summed E-state index contributed by atoms with van der Waals surface area (Å²) in [5.74, 6) is 0. The van der Waals surface area contributed by atoms with Crippen molar-refractivity contribution in [1.29, 1.82) is 0 Å². The predicted molar refractivity (Wildman–Crippen MR) is 220 cm³/mol. The lowest BCUT2D eigenvalue weighted by Gasteiger charge is -2.28. The minimum Gasteiger partial charge on any atom is -0.455 e. The van der Waals surface area contributed by atoms with Gasteiger partial charge in [0.05, 0.1) is 5.69 Å². The standard InChI is InChI=1S/C50H33NO/c1-2-13-37(14-3-1)45-18-10-19-47-46-30-29-43(33-49(46)52-50(45)47)51(42-27-25-36(26-28-42)40-23-21-34-11-4-6-15-38(34)31-40)48-20-9-8-17-44(48)41-24-22-35-12-5-7-16-39(35)32-41/h1-33H. The monoisotopic (exact) mass is 663 g/mol. The van der Waals surface area contributed by atoms with Crippen LogP contribution in [-0.4, -0.2) is 0 Å². The Balaban J connectivity index is 1.14. The molecule has 0 fully saturated rings. The van der Waals surface area contributed by atoms with E-state index in [0.717, 1.165) is 55.7 Å². The van der Waals surface area contributed by atoms with E-state index in [2.05, 4.69) is 199 Å². The second-order valence-corrected chi connectivity index (χ2v) is 13.4. The van der Waals surface area contributed by atoms with E-state index < -0.39 is 0 Å². The van der Waals surface area contributed by atoms with Gasteiger partial charge < -0.3 is 9.32 Å². The van der Waals surface area contributed by atoms with Crippen LogP contribution < -0.4 is 4.90 Å². The van der Waals surface area contributed by atoms with Crippen LogP contribution in [-0.2, 0) is 0 Å². The van der Waals surface area contributed by atoms with E-state index in [1.807, 2.05) is 6.07 Å². The Kier molecular flexibility index (Phi) is 7.18. The van der Waals surface area contributed by atoms with E-state index in [0.29, 0.717) is 0 Å². The van der Waals surface area contributed by atoms with Gasteiger partial charge in [-0.15, -0.1) is 0 Å². The molecule has 10 rings (SSSR count). The molecule has 0 aliphatic rings. The summed E-state index contributed by atoms with van der Waals surface area (Å²) in [6, 6.07) is 71.7. The van der Waals surface area contributed by atoms with Gasteiger partial charge in [0.25, 0.3) is 0 Å². The first kappa shape index (κ1) is 30.0. The van der Waals surface area contributed by atoms with Crippen molar-refractivity contribution in [2.45, 2.75) is 0 Å². The Morgan fingerprint density at radius 3 is 1.69 bits per heavy atom. The molecular formula is C50H33NO. The second-order valence-electron chi connectivity index (χ2n) is 13.4. The summed E-state index contributed by atoms with van der Waals surface area (Å²) >= 11 is 0. The fraction of sp³-hybridized carbons (Fsp3) is 0. The molecule has 0 radical (unpaired) electrons. The second kappa shape index (κ2) is 12.5. The number of fused-ring (bicyclic) bond motifs is 5. The molecule has 52 heavy (non-hydrogen) atoms. The molecule has 0 saturated heterocycles. The van der Waals surface area contributed by atoms with Gasteiger partial charge in [-0.05, 0) is 86.3 Å². The minimum atomic E-state index is 0.858. The van der Waals surface area contributed by atoms with Gasteiger partial charge in [-0.3, -0.25) is 0 Å². The maximum absolute atomic E-state index is 6.75. The van der Waals surface area contributed by atoms with Gasteiger partial charge in [0.15, 0.2) is 0 Å². The molecule has 2 heteroatoms. The normalized spacial score (nSPS) is 11.5. The van der Waals surface area contributed by atoms with E-state index in [1.54, 1.807) is 0 Å². The summed E-state index contributed by atoms with van der Waals surface area (Å²) in [5.41, 5.74) is 11.9. The van der Waals surface area contributed by atoms with Gasteiger partial charge in [0.2, 0.25) is 0 Å². The Hall–Kier alpha value is -6.90. The Labute approximate surface area is 302 Å². The van der Waals surface area contributed by atoms with Gasteiger partial charge in [0, 0.05) is 39.3 Å². The van der Waals surface area contributed by atoms with Gasteiger partial charge in [-0.2, -0.15) is 0 Å². The molecule has 0 saturated carbocycles. The summed E-state index contributed by atoms with van der Waals surface area (Å²) < 4.78 is 6.75. The van der Waals surface area contributed by atoms with Crippen molar-refractivity contribution in [2.75, 3.05) is 4.90 Å². The highest BCUT2D eigenvalue weighted by molar-refractivity contribution is 6.10. The summed E-state index contributed by atoms with van der Waals surface area (Å²) in [6.45, 7) is 0. The maximum Gasteiger partial charge on any atom is 0.143 e. The van der Waals surface area contributed by atoms with Crippen molar-refractivity contribution < 1.29 is 4.42 Å². The van der Waals surface area contributed by atoms with Crippen LogP contribution in [0.25, 0.3) is 76.9 Å². The lowest BCUT2D eigenvalue weighted by atomic mass is 9.98. The van der Waals surface area contributed by atoms with Crippen LogP contribution in [0.15, 0.2) is 205 Å². The molecule has 9 aromatic carbocycles. The third-order valence-corrected chi connectivity index (χ3v) is 10.2. The number of nitrogens with zero attached hydrogens (tertiary/aromatic N) is 1. The fourth-order valence-electron chi connectivity index (χ4n) is 7.64. The molecule has 1 heterocycles. The zero-order valence-corrected chi connectivity index (χ0v) is 28.4. The third-order valence-electron chi connectivity index (χ3n) is 10.2. The predicted octanol–water partition coefficient (Wildman–Crippen LogP) is 14.4. The molecule has 10 aromatic rings. The van der Waals surface area contributed by atoms with E-state index in [-0.39, 0.29) is 0 Å². The van der Waals surface area contributed by atoms with Crippen LogP contribution in [0.3, 0.4) is 0 Å². The first-order valence-electron chi connectivity index (χ1n) is 17.8. The average molecular weight is 664 g/mol. The van der Waals surface area contributed by atoms with Crippen molar-refractivity contribution in [3.8, 4) is 33.4 Å². The van der Waals surface area contributed by atoms with Crippen molar-refractivity contribution >= 4 is 60.5 Å². The van der Waals surface area contributed by atoms with Crippen LogP contribution in [0, 0.1) is 0 Å². The maximum atomic E-state index is 6.75. The summed E-state index contributed by atoms with van der Waals surface area (Å²) in [6.07, 6.45) is 0. The van der Waals surface area contributed by atoms with Gasteiger partial charge in [-0.25, -0.2) is 0 Å². The minimum absolute atomic E-state index is 0.858. The molecule has 0 aliphatic heterocycles. The zero-order chi connectivity index (χ0) is 34.4. The molecule has 244 valence electrons. The largest absolute Gasteiger partial charge is 0.455 e. The first-order valence-corrected chi connectivity index (χ1v) is 17.8. The van der Waals surface area contributed by atoms with Crippen molar-refractivity contribution in [3.05, 3.63) is 200 Å². The molecule has 0 spiro atoms. The van der Waals surface area contributed by atoms with Crippen molar-refractivity contribution in [1.82, 2.24) is 0 Å². The molecule has 2 nitrogen and oxygen atoms in total. The SMILES string of the molecule is c1ccc(-c2cccc3c2oc2cc(N(c4ccc(-c5ccc6ccccc6c5)cc4)c4ccccc4-c4ccc5ccccc5c4)ccc23)cc1. The highest BCUT2D eigenvalue weighted by Gasteiger charge is 2.20. The van der Waals surface area contributed by atoms with Gasteiger partial charge in [-0.1, -0.05) is 152 Å². The van der Waals surface area contributed by atoms with E-state index in [4.69, 9.17) is 4.42 Å². The average Bonchev–Trinajstić information content (AvgIpc) is 3.60. The number of hydrogen-bond acceptors (Lipinski definition) is 2. The molecular weight excluding hydrogens is 631 g/mol. The topological polar surface area (TPSA) is 16.4 Å². The highest BCUT2D eigenvalue weighted by Crippen LogP contribution is 2.44. The zero-order valence-electron chi connectivity index (χ0n) is 28.4. The van der Waals surface area contributed by atoms with Crippen LogP contribution in [0.5, 0.6) is 0 Å². The molecule has 0 amide bonds. The molecule has 0 N–H and O–H groups in total. The lowest BCUT2D eigenvalue weighted by Crippen LogP contribution is -2.11. The summed E-state index contributed by atoms with van der Waals surface area (Å²) in [4.78, 5) is 2.36. The van der Waals surface area contributed by atoms with E-state index in [9.17, 15) is 0 Å². The highest BCUT2D eigenvalue weighted by atomic mass is 16.3. The summed E-state index contributed by atoms with van der Waals surface area (Å²) in [5, 5.41) is 7.16. The smallest absolute Gasteiger partial charge is 0.143 e. The molecule has 0 aliphatic carbocycles. The summed E-state index contributed by atoms with van der Waals surface area (Å²) in [7, 11) is 0. The van der Waals surface area contributed by atoms with Crippen LogP contribution in [0.1, 0.15) is 0 Å². The van der Waals surface area contributed by atoms with E-state index >= 15 is 0 Å². The van der Waals surface area contributed by atoms with Crippen molar-refractivity contribution in [2.24, 2.45) is 0 Å². The van der Waals surface area contributed by atoms with Gasteiger partial charge >= 0.3 is 0 Å². The lowest BCUT2D eigenvalue weighted by molar-refractivity contribution is 0.670. The van der Waals surface area contributed by atoms with Crippen LogP contribution >= 0.6 is 0 Å². The number of benzene rings is 9. The number of para-hydroxylation sites is 2. The van der Waals surface area contributed by atoms with Crippen LogP contribution in [0.2, 0.25) is 0 Å². The number of hydrogen-bond donors (Lipinski definition) is 0. The Bertz CT molecular complexity index is 2900. The fourth-order valence-corrected chi connectivity index (χ4v) is 7.64. The quantitative estimate of drug-likeness (QED) is 0.176. The van der Waals surface area contributed by atoms with Crippen molar-refractivity contribution in [3.63, 3.8) is 0 Å². The first-order chi connectivity index (χ1) is 25.8.